The van der Waals surface area contributed by atoms with E-state index in [1.54, 1.807) is 5.57 Å². The molecule has 28 heavy (non-hydrogen) atoms. The number of hydrogen-bond donors (Lipinski definition) is 1. The number of aromatic nitrogens is 2. The minimum absolute atomic E-state index is 0.344. The van der Waals surface area contributed by atoms with E-state index in [4.69, 9.17) is 4.98 Å². The Labute approximate surface area is 171 Å². The molecule has 0 amide bonds. The van der Waals surface area contributed by atoms with Gasteiger partial charge in [0.25, 0.3) is 0 Å². The zero-order chi connectivity index (χ0) is 19.6. The van der Waals surface area contributed by atoms with E-state index in [0.717, 1.165) is 18.8 Å². The lowest BCUT2D eigenvalue weighted by Crippen LogP contribution is -2.21. The molecule has 1 aromatic heterocycles. The highest BCUT2D eigenvalue weighted by atomic mass is 15.1. The summed E-state index contributed by atoms with van der Waals surface area (Å²) < 4.78 is 2.46. The number of rotatable bonds is 10. The van der Waals surface area contributed by atoms with Gasteiger partial charge in [-0.1, -0.05) is 75.4 Å². The van der Waals surface area contributed by atoms with Gasteiger partial charge >= 0.3 is 0 Å². The van der Waals surface area contributed by atoms with E-state index < -0.39 is 0 Å². The molecule has 1 aliphatic rings. The Hall–Kier alpha value is -2.03. The van der Waals surface area contributed by atoms with E-state index in [2.05, 4.69) is 66.5 Å². The molecule has 1 aliphatic carbocycles. The van der Waals surface area contributed by atoms with Gasteiger partial charge in [0.1, 0.15) is 5.82 Å². The van der Waals surface area contributed by atoms with Crippen LogP contribution in [-0.4, -0.2) is 9.55 Å². The second-order valence-electron chi connectivity index (χ2n) is 8.10. The zero-order valence-corrected chi connectivity index (χ0v) is 17.8. The molecule has 1 heterocycles. The molecule has 1 atom stereocenters. The number of allylic oxidation sites excluding steroid dienone is 1. The number of imidazole rings is 1. The molecule has 0 spiro atoms. The van der Waals surface area contributed by atoms with Gasteiger partial charge in [0.05, 0.1) is 17.9 Å². The topological polar surface area (TPSA) is 29.9 Å². The highest BCUT2D eigenvalue weighted by Gasteiger charge is 2.19. The maximum atomic E-state index is 4.87. The van der Waals surface area contributed by atoms with Gasteiger partial charge in [0, 0.05) is 12.1 Å². The second-order valence-corrected chi connectivity index (χ2v) is 8.10. The first kappa shape index (κ1) is 20.7. The standard InChI is InChI=1S/C25H37N3/c1-3-5-17-23(26-19-21-13-9-7-10-14-21)24-20-27-25(28(24)18-6-4-2)22-15-11-8-12-16-22/h8,11-12,15-16,19-20,23,26H,3-7,9-10,13-14,17-18H2,1-2H3/t23-/m1/s1. The van der Waals surface area contributed by atoms with Crippen molar-refractivity contribution in [3.63, 3.8) is 0 Å². The lowest BCUT2D eigenvalue weighted by atomic mass is 9.95. The maximum Gasteiger partial charge on any atom is 0.140 e. The molecular weight excluding hydrogens is 342 g/mol. The quantitative estimate of drug-likeness (QED) is 0.481. The highest BCUT2D eigenvalue weighted by molar-refractivity contribution is 5.56. The van der Waals surface area contributed by atoms with E-state index >= 15 is 0 Å². The predicted molar refractivity (Wildman–Crippen MR) is 119 cm³/mol. The van der Waals surface area contributed by atoms with Crippen molar-refractivity contribution >= 4 is 0 Å². The Morgan fingerprint density at radius 2 is 1.79 bits per heavy atom. The van der Waals surface area contributed by atoms with Crippen LogP contribution >= 0.6 is 0 Å². The number of unbranched alkanes of at least 4 members (excludes halogenated alkanes) is 2. The summed E-state index contributed by atoms with van der Waals surface area (Å²) >= 11 is 0. The van der Waals surface area contributed by atoms with Crippen molar-refractivity contribution < 1.29 is 0 Å². The summed E-state index contributed by atoms with van der Waals surface area (Å²) in [7, 11) is 0. The summed E-state index contributed by atoms with van der Waals surface area (Å²) in [6, 6.07) is 11.0. The molecule has 0 radical (unpaired) electrons. The zero-order valence-electron chi connectivity index (χ0n) is 17.8. The molecule has 1 saturated carbocycles. The molecule has 0 saturated heterocycles. The van der Waals surface area contributed by atoms with Crippen molar-refractivity contribution in [1.82, 2.24) is 14.9 Å². The van der Waals surface area contributed by atoms with Gasteiger partial charge in [0.15, 0.2) is 0 Å². The molecule has 0 bridgehead atoms. The van der Waals surface area contributed by atoms with Gasteiger partial charge in [-0.25, -0.2) is 4.98 Å². The Bertz CT molecular complexity index is 722. The van der Waals surface area contributed by atoms with E-state index in [0.29, 0.717) is 6.04 Å². The molecule has 2 aromatic rings. The number of nitrogens with one attached hydrogen (secondary N) is 1. The van der Waals surface area contributed by atoms with E-state index in [1.165, 1.54) is 69.0 Å². The lowest BCUT2D eigenvalue weighted by molar-refractivity contribution is 0.488. The molecule has 152 valence electrons. The summed E-state index contributed by atoms with van der Waals surface area (Å²) in [5, 5.41) is 3.80. The van der Waals surface area contributed by atoms with Crippen LogP contribution in [0.25, 0.3) is 11.4 Å². The number of nitrogens with zero attached hydrogens (tertiary/aromatic N) is 2. The van der Waals surface area contributed by atoms with Crippen LogP contribution in [0.1, 0.15) is 89.8 Å². The van der Waals surface area contributed by atoms with Gasteiger partial charge in [-0.3, -0.25) is 0 Å². The summed E-state index contributed by atoms with van der Waals surface area (Å²) in [5.74, 6) is 1.11. The normalized spacial score (nSPS) is 15.4. The Kier molecular flexibility index (Phi) is 8.20. The minimum Gasteiger partial charge on any atom is -0.383 e. The Morgan fingerprint density at radius 1 is 1.04 bits per heavy atom. The van der Waals surface area contributed by atoms with Crippen LogP contribution < -0.4 is 5.32 Å². The molecule has 3 heteroatoms. The van der Waals surface area contributed by atoms with Crippen molar-refractivity contribution in [2.75, 3.05) is 0 Å². The molecule has 1 N–H and O–H groups in total. The monoisotopic (exact) mass is 379 g/mol. The summed E-state index contributed by atoms with van der Waals surface area (Å²) in [5.41, 5.74) is 4.15. The van der Waals surface area contributed by atoms with Gasteiger partial charge in [-0.05, 0) is 44.7 Å². The predicted octanol–water partition coefficient (Wildman–Crippen LogP) is 7.02. The first-order valence-electron chi connectivity index (χ1n) is 11.4. The maximum absolute atomic E-state index is 4.87. The molecule has 0 aliphatic heterocycles. The van der Waals surface area contributed by atoms with Crippen LogP contribution in [0, 0.1) is 0 Å². The van der Waals surface area contributed by atoms with Gasteiger partial charge < -0.3 is 9.88 Å². The van der Waals surface area contributed by atoms with E-state index in [-0.39, 0.29) is 0 Å². The molecule has 0 unspecified atom stereocenters. The SMILES string of the molecule is CCCC[C@@H](NC=C1CCCCC1)c1cnc(-c2ccccc2)n1CCCC. The van der Waals surface area contributed by atoms with E-state index in [1.807, 2.05) is 0 Å². The molecular formula is C25H37N3. The fourth-order valence-electron chi connectivity index (χ4n) is 4.13. The van der Waals surface area contributed by atoms with Crippen molar-refractivity contribution in [2.45, 2.75) is 90.6 Å². The van der Waals surface area contributed by atoms with Gasteiger partial charge in [-0.15, -0.1) is 0 Å². The van der Waals surface area contributed by atoms with Crippen LogP contribution in [0.2, 0.25) is 0 Å². The summed E-state index contributed by atoms with van der Waals surface area (Å²) in [4.78, 5) is 4.87. The van der Waals surface area contributed by atoms with Gasteiger partial charge in [-0.2, -0.15) is 0 Å². The third-order valence-corrected chi connectivity index (χ3v) is 5.84. The number of benzene rings is 1. The first-order chi connectivity index (χ1) is 13.8. The van der Waals surface area contributed by atoms with E-state index in [9.17, 15) is 0 Å². The van der Waals surface area contributed by atoms with Crippen LogP contribution in [0.15, 0.2) is 48.3 Å². The Balaban J connectivity index is 1.88. The molecule has 3 rings (SSSR count). The molecule has 1 aromatic carbocycles. The van der Waals surface area contributed by atoms with Crippen molar-refractivity contribution in [3.8, 4) is 11.4 Å². The smallest absolute Gasteiger partial charge is 0.140 e. The van der Waals surface area contributed by atoms with Crippen LogP contribution in [-0.2, 0) is 6.54 Å². The van der Waals surface area contributed by atoms with Gasteiger partial charge in [0.2, 0.25) is 0 Å². The third kappa shape index (κ3) is 5.50. The third-order valence-electron chi connectivity index (χ3n) is 5.84. The largest absolute Gasteiger partial charge is 0.383 e. The minimum atomic E-state index is 0.344. The Morgan fingerprint density at radius 3 is 2.50 bits per heavy atom. The van der Waals surface area contributed by atoms with Crippen molar-refractivity contribution in [3.05, 3.63) is 54.0 Å². The van der Waals surface area contributed by atoms with Crippen LogP contribution in [0.4, 0.5) is 0 Å². The van der Waals surface area contributed by atoms with Crippen LogP contribution in [0.3, 0.4) is 0 Å². The average molecular weight is 380 g/mol. The second kappa shape index (κ2) is 11.1. The van der Waals surface area contributed by atoms with Crippen molar-refractivity contribution in [1.29, 1.82) is 0 Å². The van der Waals surface area contributed by atoms with Crippen LogP contribution in [0.5, 0.6) is 0 Å². The lowest BCUT2D eigenvalue weighted by Gasteiger charge is -2.22. The fraction of sp³-hybridized carbons (Fsp3) is 0.560. The molecule has 3 nitrogen and oxygen atoms in total. The first-order valence-corrected chi connectivity index (χ1v) is 11.4. The average Bonchev–Trinajstić information content (AvgIpc) is 3.17. The molecule has 1 fully saturated rings. The highest BCUT2D eigenvalue weighted by Crippen LogP contribution is 2.28. The van der Waals surface area contributed by atoms with Crippen molar-refractivity contribution in [2.24, 2.45) is 0 Å². The summed E-state index contributed by atoms with van der Waals surface area (Å²) in [6.07, 6.45) is 17.1. The summed E-state index contributed by atoms with van der Waals surface area (Å²) in [6.45, 7) is 5.58. The number of hydrogen-bond acceptors (Lipinski definition) is 2. The fourth-order valence-corrected chi connectivity index (χ4v) is 4.13.